The Balaban J connectivity index is 2.69. The predicted octanol–water partition coefficient (Wildman–Crippen LogP) is 1.66. The number of pyridine rings is 1. The minimum Gasteiger partial charge on any atom is -0.319 e. The molecule has 0 amide bonds. The molecule has 0 fully saturated rings. The van der Waals surface area contributed by atoms with Crippen molar-refractivity contribution >= 4 is 12.4 Å². The van der Waals surface area contributed by atoms with Crippen LogP contribution >= 0.6 is 0 Å². The minimum atomic E-state index is -0.586. The molecule has 0 aliphatic rings. The second kappa shape index (κ2) is 6.03. The molecule has 0 unspecified atom stereocenters. The van der Waals surface area contributed by atoms with Gasteiger partial charge in [0.15, 0.2) is 12.1 Å². The highest BCUT2D eigenvalue weighted by Gasteiger charge is 2.01. The maximum absolute atomic E-state index is 12.9. The zero-order valence-corrected chi connectivity index (χ0v) is 8.53. The van der Waals surface area contributed by atoms with E-state index in [1.807, 2.05) is 13.1 Å². The first-order valence-electron chi connectivity index (χ1n) is 4.70. The monoisotopic (exact) mass is 208 g/mol. The SMILES string of the molecule is CNCCC=Cc1cc(C=O)c(F)cn1. The average Bonchev–Trinajstić information content (AvgIpc) is 2.26. The molecule has 0 radical (unpaired) electrons. The van der Waals surface area contributed by atoms with Crippen molar-refractivity contribution in [1.29, 1.82) is 0 Å². The number of carbonyl (C=O) groups is 1. The van der Waals surface area contributed by atoms with E-state index in [2.05, 4.69) is 10.3 Å². The number of hydrogen-bond donors (Lipinski definition) is 1. The molecule has 1 heterocycles. The molecule has 0 aliphatic heterocycles. The summed E-state index contributed by atoms with van der Waals surface area (Å²) in [5, 5.41) is 3.00. The van der Waals surface area contributed by atoms with Crippen molar-refractivity contribution in [2.75, 3.05) is 13.6 Å². The summed E-state index contributed by atoms with van der Waals surface area (Å²) in [5.41, 5.74) is 0.632. The molecular weight excluding hydrogens is 195 g/mol. The molecule has 1 aromatic rings. The lowest BCUT2D eigenvalue weighted by Gasteiger charge is -1.96. The lowest BCUT2D eigenvalue weighted by Crippen LogP contribution is -2.05. The number of aromatic nitrogens is 1. The Labute approximate surface area is 88.0 Å². The lowest BCUT2D eigenvalue weighted by molar-refractivity contribution is 0.111. The summed E-state index contributed by atoms with van der Waals surface area (Å²) < 4.78 is 12.9. The van der Waals surface area contributed by atoms with E-state index in [4.69, 9.17) is 0 Å². The van der Waals surface area contributed by atoms with Crippen LogP contribution in [0.3, 0.4) is 0 Å². The summed E-state index contributed by atoms with van der Waals surface area (Å²) in [6.07, 6.45) is 6.10. The highest BCUT2D eigenvalue weighted by atomic mass is 19.1. The molecule has 1 aromatic heterocycles. The fourth-order valence-corrected chi connectivity index (χ4v) is 1.08. The molecule has 0 aliphatic carbocycles. The minimum absolute atomic E-state index is 0.0401. The first kappa shape index (κ1) is 11.5. The Morgan fingerprint density at radius 1 is 1.60 bits per heavy atom. The largest absolute Gasteiger partial charge is 0.319 e. The molecule has 15 heavy (non-hydrogen) atoms. The van der Waals surface area contributed by atoms with Crippen molar-refractivity contribution in [2.24, 2.45) is 0 Å². The van der Waals surface area contributed by atoms with Crippen molar-refractivity contribution in [3.63, 3.8) is 0 Å². The number of aldehydes is 1. The zero-order chi connectivity index (χ0) is 11.1. The van der Waals surface area contributed by atoms with E-state index >= 15 is 0 Å². The fraction of sp³-hybridized carbons (Fsp3) is 0.273. The fourth-order valence-electron chi connectivity index (χ4n) is 1.08. The quantitative estimate of drug-likeness (QED) is 0.591. The summed E-state index contributed by atoms with van der Waals surface area (Å²) in [5.74, 6) is -0.586. The molecule has 0 bridgehead atoms. The Kier molecular flexibility index (Phi) is 4.63. The van der Waals surface area contributed by atoms with E-state index in [-0.39, 0.29) is 5.56 Å². The number of halogens is 1. The third kappa shape index (κ3) is 3.59. The van der Waals surface area contributed by atoms with Crippen LogP contribution in [0.5, 0.6) is 0 Å². The van der Waals surface area contributed by atoms with Crippen LogP contribution in [0.15, 0.2) is 18.3 Å². The maximum Gasteiger partial charge on any atom is 0.153 e. The van der Waals surface area contributed by atoms with Crippen molar-refractivity contribution in [2.45, 2.75) is 6.42 Å². The zero-order valence-electron chi connectivity index (χ0n) is 8.53. The summed E-state index contributed by atoms with van der Waals surface area (Å²) in [6, 6.07) is 1.43. The third-order valence-corrected chi connectivity index (χ3v) is 1.88. The van der Waals surface area contributed by atoms with Gasteiger partial charge < -0.3 is 5.32 Å². The highest BCUT2D eigenvalue weighted by molar-refractivity contribution is 5.76. The summed E-state index contributed by atoms with van der Waals surface area (Å²) in [6.45, 7) is 0.873. The van der Waals surface area contributed by atoms with E-state index in [9.17, 15) is 9.18 Å². The van der Waals surface area contributed by atoms with Crippen molar-refractivity contribution in [1.82, 2.24) is 10.3 Å². The van der Waals surface area contributed by atoms with Gasteiger partial charge in [0.25, 0.3) is 0 Å². The second-order valence-electron chi connectivity index (χ2n) is 3.04. The smallest absolute Gasteiger partial charge is 0.153 e. The van der Waals surface area contributed by atoms with E-state index in [0.29, 0.717) is 12.0 Å². The van der Waals surface area contributed by atoms with Gasteiger partial charge in [0.1, 0.15) is 0 Å². The second-order valence-corrected chi connectivity index (χ2v) is 3.04. The van der Waals surface area contributed by atoms with Crippen LogP contribution in [-0.2, 0) is 0 Å². The molecule has 4 heteroatoms. The van der Waals surface area contributed by atoms with Crippen molar-refractivity contribution in [3.05, 3.63) is 35.4 Å². The first-order valence-corrected chi connectivity index (χ1v) is 4.70. The Hall–Kier alpha value is -1.55. The molecule has 0 saturated carbocycles. The molecule has 0 atom stereocenters. The van der Waals surface area contributed by atoms with Gasteiger partial charge in [-0.3, -0.25) is 9.78 Å². The third-order valence-electron chi connectivity index (χ3n) is 1.88. The van der Waals surface area contributed by atoms with Gasteiger partial charge >= 0.3 is 0 Å². The van der Waals surface area contributed by atoms with Crippen LogP contribution < -0.4 is 5.32 Å². The molecule has 0 aromatic carbocycles. The van der Waals surface area contributed by atoms with Crippen LogP contribution in [0, 0.1) is 5.82 Å². The van der Waals surface area contributed by atoms with Gasteiger partial charge in [-0.05, 0) is 32.2 Å². The normalized spacial score (nSPS) is 10.8. The standard InChI is InChI=1S/C11H13FN2O/c1-13-5-3-2-4-10-6-9(8-15)11(12)7-14-10/h2,4,6-8,13H,3,5H2,1H3. The maximum atomic E-state index is 12.9. The highest BCUT2D eigenvalue weighted by Crippen LogP contribution is 2.06. The van der Waals surface area contributed by atoms with Gasteiger partial charge in [0, 0.05) is 0 Å². The number of hydrogen-bond acceptors (Lipinski definition) is 3. The summed E-state index contributed by atoms with van der Waals surface area (Å²) in [4.78, 5) is 14.3. The molecule has 0 saturated heterocycles. The van der Waals surface area contributed by atoms with Gasteiger partial charge in [-0.15, -0.1) is 0 Å². The Morgan fingerprint density at radius 2 is 2.40 bits per heavy atom. The number of rotatable bonds is 5. The topological polar surface area (TPSA) is 42.0 Å². The van der Waals surface area contributed by atoms with Gasteiger partial charge in [0.2, 0.25) is 0 Å². The van der Waals surface area contributed by atoms with Crippen LogP contribution in [-0.4, -0.2) is 24.9 Å². The van der Waals surface area contributed by atoms with Crippen molar-refractivity contribution < 1.29 is 9.18 Å². The molecule has 1 rings (SSSR count). The van der Waals surface area contributed by atoms with Crippen LogP contribution in [0.2, 0.25) is 0 Å². The number of nitrogens with zero attached hydrogens (tertiary/aromatic N) is 1. The summed E-state index contributed by atoms with van der Waals surface area (Å²) in [7, 11) is 1.87. The summed E-state index contributed by atoms with van der Waals surface area (Å²) >= 11 is 0. The van der Waals surface area contributed by atoms with E-state index in [1.54, 1.807) is 6.08 Å². The average molecular weight is 208 g/mol. The molecule has 1 N–H and O–H groups in total. The Bertz CT molecular complexity index is 364. The van der Waals surface area contributed by atoms with Crippen LogP contribution in [0.4, 0.5) is 4.39 Å². The molecule has 3 nitrogen and oxygen atoms in total. The van der Waals surface area contributed by atoms with Crippen molar-refractivity contribution in [3.8, 4) is 0 Å². The number of nitrogens with one attached hydrogen (secondary N) is 1. The van der Waals surface area contributed by atoms with Crippen LogP contribution in [0.25, 0.3) is 6.08 Å². The molecule has 0 spiro atoms. The van der Waals surface area contributed by atoms with E-state index in [0.717, 1.165) is 19.2 Å². The van der Waals surface area contributed by atoms with Gasteiger partial charge in [-0.2, -0.15) is 0 Å². The van der Waals surface area contributed by atoms with Gasteiger partial charge in [-0.1, -0.05) is 6.08 Å². The van der Waals surface area contributed by atoms with Gasteiger partial charge in [0.05, 0.1) is 17.5 Å². The lowest BCUT2D eigenvalue weighted by atomic mass is 10.2. The van der Waals surface area contributed by atoms with E-state index < -0.39 is 5.82 Å². The molecule has 80 valence electrons. The van der Waals surface area contributed by atoms with Crippen LogP contribution in [0.1, 0.15) is 22.5 Å². The Morgan fingerprint density at radius 3 is 3.07 bits per heavy atom. The molecular formula is C11H13FN2O. The first-order chi connectivity index (χ1) is 7.27. The number of carbonyl (C=O) groups excluding carboxylic acids is 1. The predicted molar refractivity (Wildman–Crippen MR) is 57.2 cm³/mol. The van der Waals surface area contributed by atoms with E-state index in [1.165, 1.54) is 6.07 Å². The van der Waals surface area contributed by atoms with Gasteiger partial charge in [-0.25, -0.2) is 4.39 Å².